The summed E-state index contributed by atoms with van der Waals surface area (Å²) in [5.41, 5.74) is 0.185. The van der Waals surface area contributed by atoms with E-state index in [1.807, 2.05) is 5.38 Å². The van der Waals surface area contributed by atoms with Crippen LogP contribution < -0.4 is 0 Å². The van der Waals surface area contributed by atoms with Gasteiger partial charge >= 0.3 is 5.97 Å². The predicted octanol–water partition coefficient (Wildman–Crippen LogP) is 3.15. The van der Waals surface area contributed by atoms with E-state index in [-0.39, 0.29) is 5.56 Å². The number of aromatic carboxylic acids is 1. The van der Waals surface area contributed by atoms with Crippen LogP contribution in [-0.4, -0.2) is 21.0 Å². The molecule has 4 nitrogen and oxygen atoms in total. The second-order valence-electron chi connectivity index (χ2n) is 2.73. The van der Waals surface area contributed by atoms with E-state index in [0.29, 0.717) is 0 Å². The van der Waals surface area contributed by atoms with E-state index in [1.54, 1.807) is 6.07 Å². The number of aromatic nitrogens is 2. The highest BCUT2D eigenvalue weighted by molar-refractivity contribution is 9.10. The first-order chi connectivity index (χ1) is 7.65. The van der Waals surface area contributed by atoms with Crippen molar-refractivity contribution in [2.24, 2.45) is 0 Å². The molecule has 7 heteroatoms. The van der Waals surface area contributed by atoms with Gasteiger partial charge in [0.05, 0.1) is 5.56 Å². The number of carboxylic acid groups (broad SMARTS) is 1. The third-order valence-corrected chi connectivity index (χ3v) is 4.23. The van der Waals surface area contributed by atoms with Crippen molar-refractivity contribution >= 4 is 45.0 Å². The first-order valence-electron chi connectivity index (χ1n) is 4.13. The Hall–Kier alpha value is -0.920. The molecule has 0 amide bonds. The quantitative estimate of drug-likeness (QED) is 0.942. The van der Waals surface area contributed by atoms with Crippen molar-refractivity contribution in [1.29, 1.82) is 0 Å². The fraction of sp³-hybridized carbons (Fsp3) is 0. The Balaban J connectivity index is 2.14. The summed E-state index contributed by atoms with van der Waals surface area (Å²) in [6.45, 7) is 0. The smallest absolute Gasteiger partial charge is 0.337 e. The van der Waals surface area contributed by atoms with Gasteiger partial charge in [0.15, 0.2) is 4.34 Å². The van der Waals surface area contributed by atoms with Crippen LogP contribution in [0.5, 0.6) is 0 Å². The Morgan fingerprint density at radius 1 is 1.50 bits per heavy atom. The van der Waals surface area contributed by atoms with Crippen LogP contribution in [0.1, 0.15) is 10.4 Å². The number of thiazole rings is 1. The van der Waals surface area contributed by atoms with Crippen LogP contribution in [0, 0.1) is 0 Å². The number of hydrogen-bond acceptors (Lipinski definition) is 5. The van der Waals surface area contributed by atoms with Crippen LogP contribution >= 0.6 is 39.0 Å². The molecule has 0 atom stereocenters. The molecule has 0 aliphatic carbocycles. The van der Waals surface area contributed by atoms with Gasteiger partial charge in [-0.15, -0.1) is 11.3 Å². The lowest BCUT2D eigenvalue weighted by atomic mass is 10.3. The molecule has 2 heterocycles. The van der Waals surface area contributed by atoms with Crippen molar-refractivity contribution in [3.63, 3.8) is 0 Å². The zero-order chi connectivity index (χ0) is 11.5. The average Bonchev–Trinajstić information content (AvgIpc) is 2.65. The summed E-state index contributed by atoms with van der Waals surface area (Å²) in [5, 5.41) is 11.3. The highest BCUT2D eigenvalue weighted by Gasteiger charge is 2.06. The van der Waals surface area contributed by atoms with Gasteiger partial charge in [-0.1, -0.05) is 0 Å². The Morgan fingerprint density at radius 3 is 2.81 bits per heavy atom. The second kappa shape index (κ2) is 4.94. The van der Waals surface area contributed by atoms with E-state index in [4.69, 9.17) is 5.11 Å². The SMILES string of the molecule is O=C(O)c1ccc(Sc2nc(Br)cs2)nc1. The highest BCUT2D eigenvalue weighted by Crippen LogP contribution is 2.30. The second-order valence-corrected chi connectivity index (χ2v) is 5.67. The molecule has 1 N–H and O–H groups in total. The lowest BCUT2D eigenvalue weighted by molar-refractivity contribution is 0.0696. The van der Waals surface area contributed by atoms with Crippen LogP contribution in [-0.2, 0) is 0 Å². The number of carboxylic acids is 1. The van der Waals surface area contributed by atoms with Crippen molar-refractivity contribution in [3.05, 3.63) is 33.9 Å². The van der Waals surface area contributed by atoms with Gasteiger partial charge in [-0.25, -0.2) is 14.8 Å². The van der Waals surface area contributed by atoms with Gasteiger partial charge in [0.25, 0.3) is 0 Å². The van der Waals surface area contributed by atoms with Crippen molar-refractivity contribution in [2.45, 2.75) is 9.37 Å². The third kappa shape index (κ3) is 2.81. The molecule has 82 valence electrons. The Morgan fingerprint density at radius 2 is 2.31 bits per heavy atom. The molecule has 0 aromatic carbocycles. The van der Waals surface area contributed by atoms with Crippen molar-refractivity contribution in [2.75, 3.05) is 0 Å². The number of halogens is 1. The van der Waals surface area contributed by atoms with Crippen LogP contribution in [0.15, 0.2) is 37.7 Å². The highest BCUT2D eigenvalue weighted by atomic mass is 79.9. The summed E-state index contributed by atoms with van der Waals surface area (Å²) in [4.78, 5) is 18.9. The molecule has 0 saturated heterocycles. The Labute approximate surface area is 108 Å². The van der Waals surface area contributed by atoms with Crippen molar-refractivity contribution in [3.8, 4) is 0 Å². The molecule has 0 unspecified atom stereocenters. The minimum absolute atomic E-state index is 0.185. The fourth-order valence-corrected chi connectivity index (χ4v) is 3.19. The summed E-state index contributed by atoms with van der Waals surface area (Å²) in [6, 6.07) is 3.20. The molecule has 16 heavy (non-hydrogen) atoms. The van der Waals surface area contributed by atoms with Crippen LogP contribution in [0.4, 0.5) is 0 Å². The monoisotopic (exact) mass is 316 g/mol. The predicted molar refractivity (Wildman–Crippen MR) is 65.1 cm³/mol. The summed E-state index contributed by atoms with van der Waals surface area (Å²) >= 11 is 6.17. The largest absolute Gasteiger partial charge is 0.478 e. The molecule has 0 aliphatic heterocycles. The van der Waals surface area contributed by atoms with Crippen LogP contribution in [0.3, 0.4) is 0 Å². The Kier molecular flexibility index (Phi) is 3.57. The molecular formula is C9H5BrN2O2S2. The maximum atomic E-state index is 10.6. The minimum atomic E-state index is -0.971. The van der Waals surface area contributed by atoms with Gasteiger partial charge in [-0.05, 0) is 39.8 Å². The van der Waals surface area contributed by atoms with E-state index >= 15 is 0 Å². The molecule has 0 saturated carbocycles. The molecule has 2 aromatic rings. The lowest BCUT2D eigenvalue weighted by Gasteiger charge is -1.97. The first kappa shape index (κ1) is 11.6. The zero-order valence-electron chi connectivity index (χ0n) is 7.75. The van der Waals surface area contributed by atoms with E-state index in [9.17, 15) is 4.79 Å². The van der Waals surface area contributed by atoms with E-state index in [1.165, 1.54) is 35.4 Å². The molecule has 2 rings (SSSR count). The number of hydrogen-bond donors (Lipinski definition) is 1. The number of nitrogens with zero attached hydrogens (tertiary/aromatic N) is 2. The molecule has 0 fully saturated rings. The van der Waals surface area contributed by atoms with Crippen molar-refractivity contribution < 1.29 is 9.90 Å². The maximum absolute atomic E-state index is 10.6. The lowest BCUT2D eigenvalue weighted by Crippen LogP contribution is -1.96. The number of carbonyl (C=O) groups is 1. The zero-order valence-corrected chi connectivity index (χ0v) is 11.0. The normalized spacial score (nSPS) is 10.3. The van der Waals surface area contributed by atoms with Gasteiger partial charge in [0.2, 0.25) is 0 Å². The van der Waals surface area contributed by atoms with Crippen molar-refractivity contribution in [1.82, 2.24) is 9.97 Å². The topological polar surface area (TPSA) is 63.1 Å². The summed E-state index contributed by atoms with van der Waals surface area (Å²) in [6.07, 6.45) is 1.34. The van der Waals surface area contributed by atoms with Crippen LogP contribution in [0.25, 0.3) is 0 Å². The fourth-order valence-electron chi connectivity index (χ4n) is 0.942. The van der Waals surface area contributed by atoms with E-state index in [0.717, 1.165) is 14.0 Å². The average molecular weight is 317 g/mol. The number of pyridine rings is 1. The molecule has 0 spiro atoms. The number of rotatable bonds is 3. The van der Waals surface area contributed by atoms with E-state index < -0.39 is 5.97 Å². The molecule has 0 aliphatic rings. The molecule has 2 aromatic heterocycles. The van der Waals surface area contributed by atoms with Gasteiger partial charge < -0.3 is 5.11 Å². The van der Waals surface area contributed by atoms with E-state index in [2.05, 4.69) is 25.9 Å². The summed E-state index contributed by atoms with van der Waals surface area (Å²) in [5.74, 6) is -0.971. The molecule has 0 radical (unpaired) electrons. The maximum Gasteiger partial charge on any atom is 0.337 e. The van der Waals surface area contributed by atoms with Crippen LogP contribution in [0.2, 0.25) is 0 Å². The van der Waals surface area contributed by atoms with Gasteiger partial charge in [0.1, 0.15) is 9.63 Å². The molecular weight excluding hydrogens is 312 g/mol. The van der Waals surface area contributed by atoms with Gasteiger partial charge in [-0.2, -0.15) is 0 Å². The summed E-state index contributed by atoms with van der Waals surface area (Å²) in [7, 11) is 0. The standard InChI is InChI=1S/C9H5BrN2O2S2/c10-6-4-15-9(12-6)16-7-2-1-5(3-11-7)8(13)14/h1-4H,(H,13,14). The first-order valence-corrected chi connectivity index (χ1v) is 6.62. The Bertz CT molecular complexity index is 512. The van der Waals surface area contributed by atoms with Gasteiger partial charge in [0, 0.05) is 11.6 Å². The third-order valence-electron chi connectivity index (χ3n) is 1.63. The van der Waals surface area contributed by atoms with Gasteiger partial charge in [-0.3, -0.25) is 0 Å². The minimum Gasteiger partial charge on any atom is -0.478 e. The molecule has 0 bridgehead atoms. The summed E-state index contributed by atoms with van der Waals surface area (Å²) < 4.78 is 1.66.